The lowest BCUT2D eigenvalue weighted by atomic mass is 9.89. The molecule has 2 N–H and O–H groups in total. The number of carbonyl (C=O) groups is 2. The number of likely N-dealkylation sites (tertiary alicyclic amines) is 1. The van der Waals surface area contributed by atoms with Crippen LogP contribution in [0.25, 0.3) is 11.1 Å². The summed E-state index contributed by atoms with van der Waals surface area (Å²) >= 11 is 13.9. The lowest BCUT2D eigenvalue weighted by molar-refractivity contribution is 0.101. The van der Waals surface area contributed by atoms with Gasteiger partial charge in [0.15, 0.2) is 0 Å². The third-order valence-electron chi connectivity index (χ3n) is 10.8. The van der Waals surface area contributed by atoms with E-state index in [1.54, 1.807) is 12.1 Å². The molecule has 1 saturated heterocycles. The first kappa shape index (κ1) is 33.3. The molecule has 2 aromatic carbocycles. The largest absolute Gasteiger partial charge is 0.319 e. The number of piperidine rings is 1. The van der Waals surface area contributed by atoms with Crippen LogP contribution in [0.3, 0.4) is 0 Å². The third kappa shape index (κ3) is 7.04. The molecule has 8 rings (SSSR count). The molecule has 4 aliphatic rings. The van der Waals surface area contributed by atoms with Gasteiger partial charge in [0.25, 0.3) is 11.8 Å². The van der Waals surface area contributed by atoms with E-state index >= 15 is 0 Å². The number of pyridine rings is 2. The first-order chi connectivity index (χ1) is 24.4. The van der Waals surface area contributed by atoms with Gasteiger partial charge in [0, 0.05) is 49.2 Å². The van der Waals surface area contributed by atoms with Gasteiger partial charge in [-0.15, -0.1) is 0 Å². The minimum atomic E-state index is -0.319. The fraction of sp³-hybridized carbons (Fsp3) is 0.400. The van der Waals surface area contributed by atoms with Gasteiger partial charge in [-0.25, -0.2) is 0 Å². The number of hydrogen-bond donors (Lipinski definition) is 2. The number of benzene rings is 2. The molecule has 2 aromatic heterocycles. The van der Waals surface area contributed by atoms with Gasteiger partial charge in [0.1, 0.15) is 11.4 Å². The number of nitrogens with zero attached hydrogens (tertiary/aromatic N) is 4. The van der Waals surface area contributed by atoms with Gasteiger partial charge in [-0.05, 0) is 110 Å². The predicted octanol–water partition coefficient (Wildman–Crippen LogP) is 8.73. The Balaban J connectivity index is 0.971. The Morgan fingerprint density at radius 1 is 0.740 bits per heavy atom. The van der Waals surface area contributed by atoms with Crippen molar-refractivity contribution in [1.29, 1.82) is 0 Å². The summed E-state index contributed by atoms with van der Waals surface area (Å²) < 4.78 is 0. The molecule has 2 aliphatic heterocycles. The van der Waals surface area contributed by atoms with E-state index in [1.807, 2.05) is 48.8 Å². The molecular weight excluding hydrogens is 667 g/mol. The van der Waals surface area contributed by atoms with E-state index in [4.69, 9.17) is 23.2 Å². The summed E-state index contributed by atoms with van der Waals surface area (Å²) in [4.78, 5) is 41.0. The maximum Gasteiger partial charge on any atom is 0.274 e. The van der Waals surface area contributed by atoms with Gasteiger partial charge in [-0.3, -0.25) is 29.4 Å². The third-order valence-corrected chi connectivity index (χ3v) is 11.7. The monoisotopic (exact) mass is 708 g/mol. The number of hydrogen-bond acceptors (Lipinski definition) is 6. The molecule has 0 radical (unpaired) electrons. The first-order valence-electron chi connectivity index (χ1n) is 18.0. The van der Waals surface area contributed by atoms with Crippen LogP contribution in [0.5, 0.6) is 0 Å². The summed E-state index contributed by atoms with van der Waals surface area (Å²) in [6.45, 7) is 5.03. The van der Waals surface area contributed by atoms with Crippen LogP contribution in [-0.4, -0.2) is 57.3 Å². The van der Waals surface area contributed by atoms with Gasteiger partial charge < -0.3 is 10.6 Å². The summed E-state index contributed by atoms with van der Waals surface area (Å²) in [6.07, 6.45) is 14.6. The van der Waals surface area contributed by atoms with Crippen molar-refractivity contribution in [3.63, 3.8) is 0 Å². The summed E-state index contributed by atoms with van der Waals surface area (Å²) in [5.41, 5.74) is 7.77. The predicted molar refractivity (Wildman–Crippen MR) is 199 cm³/mol. The fourth-order valence-corrected chi connectivity index (χ4v) is 8.13. The van der Waals surface area contributed by atoms with Gasteiger partial charge in [-0.1, -0.05) is 60.3 Å². The second kappa shape index (κ2) is 14.4. The molecule has 2 amide bonds. The van der Waals surface area contributed by atoms with Crippen molar-refractivity contribution >= 4 is 46.4 Å². The molecule has 8 nitrogen and oxygen atoms in total. The number of carbonyl (C=O) groups excluding carboxylic acids is 2. The lowest BCUT2D eigenvalue weighted by Crippen LogP contribution is -2.43. The SMILES string of the molecule is O=C(Nc1cccc(-c2cccc(NC(=O)c3cc(C4CC4)c(CN4CCCCC4)cn3)c2Cl)c1Cl)c1cc2c(cn1)CN(C1CCC1)CC2. The summed E-state index contributed by atoms with van der Waals surface area (Å²) in [7, 11) is 0. The molecule has 2 aliphatic carbocycles. The molecular formula is C40H42Cl2N6O2. The average molecular weight is 710 g/mol. The molecule has 0 bridgehead atoms. The van der Waals surface area contributed by atoms with Crippen LogP contribution in [0.2, 0.25) is 10.0 Å². The van der Waals surface area contributed by atoms with E-state index in [9.17, 15) is 9.59 Å². The second-order valence-corrected chi connectivity index (χ2v) is 15.0. The Labute approximate surface area is 303 Å². The smallest absolute Gasteiger partial charge is 0.274 e. The molecule has 0 spiro atoms. The van der Waals surface area contributed by atoms with Crippen molar-refractivity contribution in [3.05, 3.63) is 105 Å². The van der Waals surface area contributed by atoms with Crippen LogP contribution >= 0.6 is 23.2 Å². The van der Waals surface area contributed by atoms with Crippen molar-refractivity contribution in [2.24, 2.45) is 0 Å². The molecule has 10 heteroatoms. The quantitative estimate of drug-likeness (QED) is 0.181. The van der Waals surface area contributed by atoms with E-state index in [1.165, 1.54) is 60.8 Å². The molecule has 4 heterocycles. The minimum absolute atomic E-state index is 0.309. The zero-order chi connectivity index (χ0) is 34.2. The number of rotatable bonds is 9. The summed E-state index contributed by atoms with van der Waals surface area (Å²) in [6, 6.07) is 15.4. The van der Waals surface area contributed by atoms with Gasteiger partial charge >= 0.3 is 0 Å². The highest BCUT2D eigenvalue weighted by atomic mass is 35.5. The maximum absolute atomic E-state index is 13.5. The maximum atomic E-state index is 13.5. The van der Waals surface area contributed by atoms with Gasteiger partial charge in [0.2, 0.25) is 0 Å². The van der Waals surface area contributed by atoms with Crippen LogP contribution in [0, 0.1) is 0 Å². The number of aromatic nitrogens is 2. The van der Waals surface area contributed by atoms with Crippen LogP contribution in [0.15, 0.2) is 60.9 Å². The van der Waals surface area contributed by atoms with Crippen molar-refractivity contribution in [3.8, 4) is 11.1 Å². The Bertz CT molecular complexity index is 1940. The van der Waals surface area contributed by atoms with E-state index in [-0.39, 0.29) is 11.8 Å². The number of halogens is 2. The van der Waals surface area contributed by atoms with Crippen molar-refractivity contribution < 1.29 is 9.59 Å². The first-order valence-corrected chi connectivity index (χ1v) is 18.8. The van der Waals surface area contributed by atoms with Crippen LogP contribution in [-0.2, 0) is 19.5 Å². The molecule has 0 unspecified atom stereocenters. The van der Waals surface area contributed by atoms with Crippen molar-refractivity contribution in [2.45, 2.75) is 82.8 Å². The second-order valence-electron chi connectivity index (χ2n) is 14.3. The highest BCUT2D eigenvalue weighted by Crippen LogP contribution is 2.43. The normalized spacial score (nSPS) is 18.3. The van der Waals surface area contributed by atoms with E-state index in [0.29, 0.717) is 55.9 Å². The minimum Gasteiger partial charge on any atom is -0.319 e. The average Bonchev–Trinajstić information content (AvgIpc) is 3.96. The molecule has 3 fully saturated rings. The number of fused-ring (bicyclic) bond motifs is 1. The number of amides is 2. The number of nitrogens with one attached hydrogen (secondary N) is 2. The van der Waals surface area contributed by atoms with E-state index < -0.39 is 0 Å². The Hall–Kier alpha value is -3.82. The molecule has 258 valence electrons. The molecule has 50 heavy (non-hydrogen) atoms. The van der Waals surface area contributed by atoms with Gasteiger partial charge in [0.05, 0.1) is 21.4 Å². The topological polar surface area (TPSA) is 90.5 Å². The molecule has 2 saturated carbocycles. The van der Waals surface area contributed by atoms with E-state index in [0.717, 1.165) is 52.0 Å². The van der Waals surface area contributed by atoms with Crippen LogP contribution in [0.4, 0.5) is 11.4 Å². The standard InChI is InChI=1S/C40H42Cl2N6O2/c41-37-30(9-5-11-33(37)45-39(49)35-19-26-15-18-48(29-7-4-8-29)24-27(26)21-43-35)31-10-6-12-34(38(31)42)46-40(50)36-20-32(25-13-14-25)28(22-44-36)23-47-16-2-1-3-17-47/h5-6,9-12,19-22,25,29H,1-4,7-8,13-18,23-24H2,(H,45,49)(H,46,50). The van der Waals surface area contributed by atoms with Gasteiger partial charge in [-0.2, -0.15) is 0 Å². The van der Waals surface area contributed by atoms with Crippen LogP contribution < -0.4 is 10.6 Å². The Kier molecular flexibility index (Phi) is 9.62. The van der Waals surface area contributed by atoms with Crippen molar-refractivity contribution in [2.75, 3.05) is 30.3 Å². The summed E-state index contributed by atoms with van der Waals surface area (Å²) in [5.74, 6) is -0.131. The Morgan fingerprint density at radius 2 is 1.38 bits per heavy atom. The zero-order valence-electron chi connectivity index (χ0n) is 28.2. The lowest BCUT2D eigenvalue weighted by Gasteiger charge is -2.40. The summed E-state index contributed by atoms with van der Waals surface area (Å²) in [5, 5.41) is 6.64. The van der Waals surface area contributed by atoms with E-state index in [2.05, 4.69) is 30.4 Å². The molecule has 4 aromatic rings. The van der Waals surface area contributed by atoms with Crippen LogP contribution in [0.1, 0.15) is 101 Å². The fourth-order valence-electron chi connectivity index (χ4n) is 7.58. The molecule has 0 atom stereocenters. The highest BCUT2D eigenvalue weighted by Gasteiger charge is 2.30. The van der Waals surface area contributed by atoms with Crippen molar-refractivity contribution in [1.82, 2.24) is 19.8 Å². The zero-order valence-corrected chi connectivity index (χ0v) is 29.7. The highest BCUT2D eigenvalue weighted by molar-refractivity contribution is 6.40. The number of anilines is 2. The Morgan fingerprint density at radius 3 is 2.00 bits per heavy atom.